The van der Waals surface area contributed by atoms with E-state index in [9.17, 15) is 0 Å². The average molecular weight is 410 g/mol. The van der Waals surface area contributed by atoms with E-state index in [1.807, 2.05) is 12.1 Å². The van der Waals surface area contributed by atoms with Crippen molar-refractivity contribution < 1.29 is 0 Å². The number of rotatable bonds is 4. The van der Waals surface area contributed by atoms with Crippen LogP contribution < -0.4 is 10.6 Å². The highest BCUT2D eigenvalue weighted by Crippen LogP contribution is 2.11. The molecule has 0 radical (unpaired) electrons. The van der Waals surface area contributed by atoms with Crippen LogP contribution in [-0.2, 0) is 6.54 Å². The van der Waals surface area contributed by atoms with Crippen LogP contribution in [-0.4, -0.2) is 19.6 Å². The predicted octanol–water partition coefficient (Wildman–Crippen LogP) is 2.92. The molecule has 0 amide bonds. The fourth-order valence-corrected chi connectivity index (χ4v) is 1.67. The Morgan fingerprint density at radius 2 is 2.24 bits per heavy atom. The lowest BCUT2D eigenvalue weighted by molar-refractivity contribution is 0.847. The molecule has 0 spiro atoms. The summed E-state index contributed by atoms with van der Waals surface area (Å²) in [5.74, 6) is 0.778. The number of guanidine groups is 1. The van der Waals surface area contributed by atoms with E-state index < -0.39 is 0 Å². The van der Waals surface area contributed by atoms with Crippen LogP contribution in [0.2, 0.25) is 0 Å². The standard InChI is InChI=1S/C12H16BrN3.HI/c1-3-7-15-12(14-2)16-9-10-5-4-6-11(13)8-10;/h3-6,8H,1,7,9H2,2H3,(H2,14,15,16);1H. The molecule has 0 aliphatic heterocycles. The molecule has 0 saturated heterocycles. The third-order valence-electron chi connectivity index (χ3n) is 1.99. The first-order valence-corrected chi connectivity index (χ1v) is 5.85. The highest BCUT2D eigenvalue weighted by atomic mass is 127. The van der Waals surface area contributed by atoms with Crippen LogP contribution in [0.15, 0.2) is 46.4 Å². The van der Waals surface area contributed by atoms with E-state index >= 15 is 0 Å². The minimum atomic E-state index is 0. The first-order chi connectivity index (χ1) is 7.76. The summed E-state index contributed by atoms with van der Waals surface area (Å²) in [6.07, 6.45) is 1.80. The Hall–Kier alpha value is -0.560. The summed E-state index contributed by atoms with van der Waals surface area (Å²) in [6.45, 7) is 5.10. The maximum absolute atomic E-state index is 4.10. The summed E-state index contributed by atoms with van der Waals surface area (Å²) in [4.78, 5) is 4.10. The highest BCUT2D eigenvalue weighted by molar-refractivity contribution is 14.0. The van der Waals surface area contributed by atoms with E-state index in [-0.39, 0.29) is 24.0 Å². The van der Waals surface area contributed by atoms with Gasteiger partial charge in [0.05, 0.1) is 0 Å². The molecule has 0 bridgehead atoms. The van der Waals surface area contributed by atoms with Crippen LogP contribution in [0.5, 0.6) is 0 Å². The molecule has 3 nitrogen and oxygen atoms in total. The monoisotopic (exact) mass is 409 g/mol. The fraction of sp³-hybridized carbons (Fsp3) is 0.250. The number of hydrogen-bond acceptors (Lipinski definition) is 1. The molecule has 1 aromatic carbocycles. The van der Waals surface area contributed by atoms with Gasteiger partial charge in [-0.05, 0) is 17.7 Å². The molecule has 0 atom stereocenters. The van der Waals surface area contributed by atoms with Gasteiger partial charge in [-0.3, -0.25) is 4.99 Å². The lowest BCUT2D eigenvalue weighted by Crippen LogP contribution is -2.36. The molecule has 2 N–H and O–H groups in total. The fourth-order valence-electron chi connectivity index (χ4n) is 1.22. The van der Waals surface area contributed by atoms with Crippen molar-refractivity contribution >= 4 is 45.9 Å². The Balaban J connectivity index is 0.00000256. The first kappa shape index (κ1) is 16.4. The summed E-state index contributed by atoms with van der Waals surface area (Å²) in [6, 6.07) is 8.17. The third kappa shape index (κ3) is 6.68. The zero-order valence-electron chi connectivity index (χ0n) is 9.74. The largest absolute Gasteiger partial charge is 0.353 e. The Kier molecular flexibility index (Phi) is 9.16. The van der Waals surface area contributed by atoms with Crippen molar-refractivity contribution in [3.63, 3.8) is 0 Å². The number of aliphatic imine (C=N–C) groups is 1. The van der Waals surface area contributed by atoms with E-state index in [2.05, 4.69) is 50.3 Å². The van der Waals surface area contributed by atoms with Crippen LogP contribution in [0.25, 0.3) is 0 Å². The van der Waals surface area contributed by atoms with Gasteiger partial charge in [0, 0.05) is 24.6 Å². The zero-order valence-corrected chi connectivity index (χ0v) is 13.7. The SMILES string of the molecule is C=CCNC(=NC)NCc1cccc(Br)c1.I. The normalized spacial score (nSPS) is 10.4. The molecule has 0 fully saturated rings. The smallest absolute Gasteiger partial charge is 0.191 e. The molecule has 0 unspecified atom stereocenters. The molecule has 1 rings (SSSR count). The molecular weight excluding hydrogens is 393 g/mol. The second-order valence-electron chi connectivity index (χ2n) is 3.23. The maximum atomic E-state index is 4.10. The van der Waals surface area contributed by atoms with Gasteiger partial charge in [0.25, 0.3) is 0 Å². The Morgan fingerprint density at radius 3 is 2.82 bits per heavy atom. The minimum Gasteiger partial charge on any atom is -0.353 e. The Labute approximate surface area is 128 Å². The average Bonchev–Trinajstić information content (AvgIpc) is 2.29. The quantitative estimate of drug-likeness (QED) is 0.347. The molecule has 5 heteroatoms. The lowest BCUT2D eigenvalue weighted by atomic mass is 10.2. The topological polar surface area (TPSA) is 36.4 Å². The van der Waals surface area contributed by atoms with Crippen LogP contribution in [0.4, 0.5) is 0 Å². The summed E-state index contributed by atoms with van der Waals surface area (Å²) in [5.41, 5.74) is 1.20. The Bertz CT molecular complexity index is 380. The van der Waals surface area contributed by atoms with Gasteiger partial charge >= 0.3 is 0 Å². The second kappa shape index (κ2) is 9.47. The van der Waals surface area contributed by atoms with Crippen molar-refractivity contribution in [3.05, 3.63) is 47.0 Å². The number of hydrogen-bond donors (Lipinski definition) is 2. The summed E-state index contributed by atoms with van der Waals surface area (Å²) >= 11 is 3.44. The van der Waals surface area contributed by atoms with Gasteiger partial charge in [0.15, 0.2) is 5.96 Å². The van der Waals surface area contributed by atoms with Gasteiger partial charge in [-0.15, -0.1) is 30.6 Å². The number of halogens is 2. The van der Waals surface area contributed by atoms with Crippen LogP contribution in [0, 0.1) is 0 Å². The lowest BCUT2D eigenvalue weighted by Gasteiger charge is -2.10. The van der Waals surface area contributed by atoms with Crippen molar-refractivity contribution in [2.45, 2.75) is 6.54 Å². The zero-order chi connectivity index (χ0) is 11.8. The highest BCUT2D eigenvalue weighted by Gasteiger charge is 1.97. The van der Waals surface area contributed by atoms with Crippen molar-refractivity contribution in [2.75, 3.05) is 13.6 Å². The number of benzene rings is 1. The van der Waals surface area contributed by atoms with Crippen LogP contribution in [0.3, 0.4) is 0 Å². The molecule has 0 aromatic heterocycles. The van der Waals surface area contributed by atoms with E-state index in [0.717, 1.165) is 17.0 Å². The molecular formula is C12H17BrIN3. The molecule has 0 aliphatic carbocycles. The van der Waals surface area contributed by atoms with Crippen molar-refractivity contribution in [1.29, 1.82) is 0 Å². The van der Waals surface area contributed by atoms with Crippen molar-refractivity contribution in [3.8, 4) is 0 Å². The summed E-state index contributed by atoms with van der Waals surface area (Å²) < 4.78 is 1.08. The van der Waals surface area contributed by atoms with Gasteiger partial charge in [-0.25, -0.2) is 0 Å². The van der Waals surface area contributed by atoms with E-state index in [0.29, 0.717) is 6.54 Å². The van der Waals surface area contributed by atoms with Gasteiger partial charge in [-0.1, -0.05) is 34.1 Å². The molecule has 17 heavy (non-hydrogen) atoms. The van der Waals surface area contributed by atoms with E-state index in [1.54, 1.807) is 13.1 Å². The van der Waals surface area contributed by atoms with Crippen molar-refractivity contribution in [1.82, 2.24) is 10.6 Å². The molecule has 1 aromatic rings. The summed E-state index contributed by atoms with van der Waals surface area (Å²) in [5, 5.41) is 6.33. The van der Waals surface area contributed by atoms with Gasteiger partial charge < -0.3 is 10.6 Å². The summed E-state index contributed by atoms with van der Waals surface area (Å²) in [7, 11) is 1.75. The van der Waals surface area contributed by atoms with Gasteiger partial charge in [0.2, 0.25) is 0 Å². The molecule has 0 aliphatic rings. The predicted molar refractivity (Wildman–Crippen MR) is 88.0 cm³/mol. The van der Waals surface area contributed by atoms with Gasteiger partial charge in [-0.2, -0.15) is 0 Å². The van der Waals surface area contributed by atoms with Crippen LogP contribution >= 0.6 is 39.9 Å². The van der Waals surface area contributed by atoms with Crippen molar-refractivity contribution in [2.24, 2.45) is 4.99 Å². The molecule has 0 heterocycles. The minimum absolute atomic E-state index is 0. The van der Waals surface area contributed by atoms with E-state index in [1.165, 1.54) is 5.56 Å². The molecule has 0 saturated carbocycles. The first-order valence-electron chi connectivity index (χ1n) is 5.06. The van der Waals surface area contributed by atoms with Gasteiger partial charge in [0.1, 0.15) is 0 Å². The van der Waals surface area contributed by atoms with Crippen LogP contribution in [0.1, 0.15) is 5.56 Å². The third-order valence-corrected chi connectivity index (χ3v) is 2.48. The maximum Gasteiger partial charge on any atom is 0.191 e. The number of nitrogens with zero attached hydrogens (tertiary/aromatic N) is 1. The van der Waals surface area contributed by atoms with E-state index in [4.69, 9.17) is 0 Å². The Morgan fingerprint density at radius 1 is 1.47 bits per heavy atom. The second-order valence-corrected chi connectivity index (χ2v) is 4.14. The molecule has 94 valence electrons. The number of nitrogens with one attached hydrogen (secondary N) is 2.